The van der Waals surface area contributed by atoms with Gasteiger partial charge in [-0.05, 0) is 17.7 Å². The van der Waals surface area contributed by atoms with Gasteiger partial charge < -0.3 is 5.73 Å². The van der Waals surface area contributed by atoms with E-state index in [2.05, 4.69) is 14.9 Å². The van der Waals surface area contributed by atoms with Crippen molar-refractivity contribution in [2.24, 2.45) is 0 Å². The maximum Gasteiger partial charge on any atom is 0.257 e. The molecule has 2 heterocycles. The number of hydrogen-bond acceptors (Lipinski definition) is 4. The summed E-state index contributed by atoms with van der Waals surface area (Å²) in [5.41, 5.74) is 7.84. The number of nitrogens with two attached hydrogens (primary N) is 1. The number of nitrogens with one attached hydrogen (secondary N) is 1. The molecule has 3 N–H and O–H groups in total. The van der Waals surface area contributed by atoms with E-state index in [1.165, 1.54) is 12.1 Å². The average Bonchev–Trinajstić information content (AvgIpc) is 2.42. The Hall–Kier alpha value is -2.21. The number of fused-ring (bicyclic) bond motifs is 1. The number of hydrogen-bond donors (Lipinski definition) is 2. The zero-order valence-electron chi connectivity index (χ0n) is 10.9. The molecule has 104 valence electrons. The van der Waals surface area contributed by atoms with Gasteiger partial charge >= 0.3 is 0 Å². The summed E-state index contributed by atoms with van der Waals surface area (Å²) < 4.78 is 12.9. The maximum atomic E-state index is 12.9. The molecular weight excluding hydrogens is 259 g/mol. The number of anilines is 1. The summed E-state index contributed by atoms with van der Waals surface area (Å²) in [4.78, 5) is 20.7. The van der Waals surface area contributed by atoms with Crippen LogP contribution >= 0.6 is 0 Å². The first kappa shape index (κ1) is 12.8. The minimum absolute atomic E-state index is 0.167. The van der Waals surface area contributed by atoms with Crippen molar-refractivity contribution in [1.29, 1.82) is 0 Å². The van der Waals surface area contributed by atoms with Gasteiger partial charge in [-0.2, -0.15) is 0 Å². The summed E-state index contributed by atoms with van der Waals surface area (Å²) in [5, 5.41) is 0. The highest BCUT2D eigenvalue weighted by molar-refractivity contribution is 5.27. The molecule has 20 heavy (non-hydrogen) atoms. The maximum absolute atomic E-state index is 12.9. The number of aromatic nitrogens is 2. The van der Waals surface area contributed by atoms with E-state index in [9.17, 15) is 9.18 Å². The smallest absolute Gasteiger partial charge is 0.257 e. The van der Waals surface area contributed by atoms with Crippen molar-refractivity contribution in [2.45, 2.75) is 19.5 Å². The highest BCUT2D eigenvalue weighted by Gasteiger charge is 2.20. The third-order valence-electron chi connectivity index (χ3n) is 3.49. The Morgan fingerprint density at radius 2 is 2.10 bits per heavy atom. The van der Waals surface area contributed by atoms with E-state index >= 15 is 0 Å². The van der Waals surface area contributed by atoms with Crippen molar-refractivity contribution < 1.29 is 4.39 Å². The van der Waals surface area contributed by atoms with E-state index in [4.69, 9.17) is 5.73 Å². The van der Waals surface area contributed by atoms with Crippen LogP contribution in [0.2, 0.25) is 0 Å². The molecule has 0 fully saturated rings. The molecule has 2 aromatic rings. The average molecular weight is 274 g/mol. The zero-order chi connectivity index (χ0) is 14.1. The normalized spacial score (nSPS) is 15.1. The molecule has 1 aliphatic rings. The quantitative estimate of drug-likeness (QED) is 0.858. The van der Waals surface area contributed by atoms with Crippen molar-refractivity contribution in [3.8, 4) is 0 Å². The van der Waals surface area contributed by atoms with Gasteiger partial charge in [-0.15, -0.1) is 0 Å². The third-order valence-corrected chi connectivity index (χ3v) is 3.49. The predicted molar refractivity (Wildman–Crippen MR) is 73.5 cm³/mol. The Morgan fingerprint density at radius 1 is 1.35 bits per heavy atom. The fourth-order valence-corrected chi connectivity index (χ4v) is 2.48. The summed E-state index contributed by atoms with van der Waals surface area (Å²) in [6, 6.07) is 6.41. The predicted octanol–water partition coefficient (Wildman–Crippen LogP) is 1.05. The van der Waals surface area contributed by atoms with Crippen LogP contribution in [0.25, 0.3) is 0 Å². The van der Waals surface area contributed by atoms with Gasteiger partial charge in [-0.1, -0.05) is 12.1 Å². The van der Waals surface area contributed by atoms with E-state index in [1.807, 2.05) is 0 Å². The Bertz CT molecular complexity index is 681. The van der Waals surface area contributed by atoms with Gasteiger partial charge in [0.2, 0.25) is 5.95 Å². The molecule has 6 heteroatoms. The molecule has 5 nitrogen and oxygen atoms in total. The topological polar surface area (TPSA) is 75.0 Å². The lowest BCUT2D eigenvalue weighted by Crippen LogP contribution is -2.35. The molecule has 1 aromatic carbocycles. The molecule has 0 aliphatic carbocycles. The van der Waals surface area contributed by atoms with E-state index in [0.717, 1.165) is 17.8 Å². The highest BCUT2D eigenvalue weighted by atomic mass is 19.1. The van der Waals surface area contributed by atoms with E-state index < -0.39 is 0 Å². The molecule has 0 unspecified atom stereocenters. The number of halogens is 1. The Labute approximate surface area is 115 Å². The van der Waals surface area contributed by atoms with Crippen LogP contribution in [0, 0.1) is 5.82 Å². The number of aromatic amines is 1. The standard InChI is InChI=1S/C14H15FN4O/c15-10-3-1-9(2-4-10)7-19-6-5-12-11(8-19)13(20)18-14(16)17-12/h1-4H,5-8H2,(H3,16,17,18,20). The van der Waals surface area contributed by atoms with Gasteiger partial charge in [0.25, 0.3) is 5.56 Å². The van der Waals surface area contributed by atoms with Crippen LogP contribution in [0.4, 0.5) is 10.3 Å². The van der Waals surface area contributed by atoms with Crippen LogP contribution < -0.4 is 11.3 Å². The largest absolute Gasteiger partial charge is 0.369 e. The SMILES string of the molecule is Nc1nc2c(c(=O)[nH]1)CN(Cc1ccc(F)cc1)CC2. The second-order valence-corrected chi connectivity index (χ2v) is 4.96. The van der Waals surface area contributed by atoms with E-state index in [1.54, 1.807) is 12.1 Å². The van der Waals surface area contributed by atoms with Gasteiger partial charge in [0.15, 0.2) is 0 Å². The van der Waals surface area contributed by atoms with Crippen LogP contribution in [0.3, 0.4) is 0 Å². The second kappa shape index (κ2) is 5.05. The van der Waals surface area contributed by atoms with Crippen molar-refractivity contribution >= 4 is 5.95 Å². The molecule has 1 aromatic heterocycles. The first-order valence-electron chi connectivity index (χ1n) is 6.46. The van der Waals surface area contributed by atoms with Gasteiger partial charge in [0.1, 0.15) is 5.82 Å². The van der Waals surface area contributed by atoms with Crippen molar-refractivity contribution in [3.05, 3.63) is 57.3 Å². The minimum atomic E-state index is -0.242. The van der Waals surface area contributed by atoms with Crippen LogP contribution in [0.1, 0.15) is 16.8 Å². The molecular formula is C14H15FN4O. The Kier molecular flexibility index (Phi) is 3.23. The van der Waals surface area contributed by atoms with Crippen LogP contribution in [0.5, 0.6) is 0 Å². The van der Waals surface area contributed by atoms with Gasteiger partial charge in [-0.3, -0.25) is 14.7 Å². The number of nitrogens with zero attached hydrogens (tertiary/aromatic N) is 2. The first-order valence-corrected chi connectivity index (χ1v) is 6.46. The highest BCUT2D eigenvalue weighted by Crippen LogP contribution is 2.16. The van der Waals surface area contributed by atoms with E-state index in [-0.39, 0.29) is 17.3 Å². The fraction of sp³-hybridized carbons (Fsp3) is 0.286. The summed E-state index contributed by atoms with van der Waals surface area (Å²) in [5.74, 6) is -0.0744. The van der Waals surface area contributed by atoms with Crippen molar-refractivity contribution in [3.63, 3.8) is 0 Å². The number of rotatable bonds is 2. The number of H-pyrrole nitrogens is 1. The molecule has 0 spiro atoms. The molecule has 0 bridgehead atoms. The van der Waals surface area contributed by atoms with Gasteiger partial charge in [0.05, 0.1) is 11.3 Å². The molecule has 3 rings (SSSR count). The molecule has 0 saturated carbocycles. The lowest BCUT2D eigenvalue weighted by Gasteiger charge is -2.27. The molecule has 0 saturated heterocycles. The van der Waals surface area contributed by atoms with Gasteiger partial charge in [-0.25, -0.2) is 9.37 Å². The molecule has 1 aliphatic heterocycles. The van der Waals surface area contributed by atoms with E-state index in [0.29, 0.717) is 25.1 Å². The number of nitrogen functional groups attached to an aromatic ring is 1. The Morgan fingerprint density at radius 3 is 2.85 bits per heavy atom. The van der Waals surface area contributed by atoms with Crippen LogP contribution in [-0.4, -0.2) is 21.4 Å². The molecule has 0 atom stereocenters. The zero-order valence-corrected chi connectivity index (χ0v) is 10.9. The lowest BCUT2D eigenvalue weighted by atomic mass is 10.1. The Balaban J connectivity index is 1.79. The first-order chi connectivity index (χ1) is 9.61. The summed E-state index contributed by atoms with van der Waals surface area (Å²) in [6.07, 6.45) is 0.699. The minimum Gasteiger partial charge on any atom is -0.369 e. The van der Waals surface area contributed by atoms with Crippen LogP contribution in [0.15, 0.2) is 29.1 Å². The van der Waals surface area contributed by atoms with Crippen molar-refractivity contribution in [1.82, 2.24) is 14.9 Å². The summed E-state index contributed by atoms with van der Waals surface area (Å²) in [7, 11) is 0. The third kappa shape index (κ3) is 2.55. The van der Waals surface area contributed by atoms with Crippen molar-refractivity contribution in [2.75, 3.05) is 12.3 Å². The second-order valence-electron chi connectivity index (χ2n) is 4.96. The fourth-order valence-electron chi connectivity index (χ4n) is 2.48. The summed E-state index contributed by atoms with van der Waals surface area (Å²) in [6.45, 7) is 2.03. The monoisotopic (exact) mass is 274 g/mol. The lowest BCUT2D eigenvalue weighted by molar-refractivity contribution is 0.242. The molecule has 0 amide bonds. The number of benzene rings is 1. The molecule has 0 radical (unpaired) electrons. The summed E-state index contributed by atoms with van der Waals surface area (Å²) >= 11 is 0. The van der Waals surface area contributed by atoms with Gasteiger partial charge in [0, 0.05) is 26.1 Å². The van der Waals surface area contributed by atoms with Crippen LogP contribution in [-0.2, 0) is 19.5 Å².